The molecule has 1 heterocycles. The number of nitrogens with one attached hydrogen (secondary N) is 2. The molecule has 23 heavy (non-hydrogen) atoms. The van der Waals surface area contributed by atoms with Gasteiger partial charge < -0.3 is 5.32 Å². The Morgan fingerprint density at radius 2 is 1.78 bits per heavy atom. The Kier molecular flexibility index (Phi) is 4.01. The molecule has 0 bridgehead atoms. The summed E-state index contributed by atoms with van der Waals surface area (Å²) in [5.41, 5.74) is 0.841. The van der Waals surface area contributed by atoms with Gasteiger partial charge in [-0.25, -0.2) is 5.10 Å². The van der Waals surface area contributed by atoms with Crippen LogP contribution in [0.5, 0.6) is 0 Å². The summed E-state index contributed by atoms with van der Waals surface area (Å²) in [7, 11) is 0. The number of aromatic amines is 1. The van der Waals surface area contributed by atoms with Gasteiger partial charge in [-0.05, 0) is 18.1 Å². The lowest BCUT2D eigenvalue weighted by Gasteiger charge is -2.08. The van der Waals surface area contributed by atoms with Gasteiger partial charge in [-0.3, -0.25) is 14.9 Å². The van der Waals surface area contributed by atoms with Crippen LogP contribution >= 0.6 is 0 Å². The van der Waals surface area contributed by atoms with Gasteiger partial charge in [0.1, 0.15) is 0 Å². The third-order valence-electron chi connectivity index (χ3n) is 3.55. The van der Waals surface area contributed by atoms with Crippen molar-refractivity contribution in [3.63, 3.8) is 0 Å². The van der Waals surface area contributed by atoms with Gasteiger partial charge in [-0.2, -0.15) is 5.10 Å². The van der Waals surface area contributed by atoms with Gasteiger partial charge in [0.25, 0.3) is 11.2 Å². The fraction of sp³-hybridized carbons (Fsp3) is 0.125. The van der Waals surface area contributed by atoms with Gasteiger partial charge in [-0.15, -0.1) is 0 Å². The van der Waals surface area contributed by atoms with Crippen LogP contribution in [-0.4, -0.2) is 21.7 Å². The highest BCUT2D eigenvalue weighted by atomic mass is 16.6. The highest BCUT2D eigenvalue weighted by Gasteiger charge is 2.06. The molecule has 2 aromatic carbocycles. The molecule has 0 fully saturated rings. The maximum absolute atomic E-state index is 11.7. The second kappa shape index (κ2) is 6.27. The van der Waals surface area contributed by atoms with Crippen LogP contribution in [0.1, 0.15) is 5.56 Å². The fourth-order valence-corrected chi connectivity index (χ4v) is 2.36. The molecule has 0 aliphatic heterocycles. The molecule has 0 spiro atoms. The number of nitro groups is 1. The molecule has 1 aromatic heterocycles. The van der Waals surface area contributed by atoms with E-state index in [1.165, 1.54) is 12.1 Å². The highest BCUT2D eigenvalue weighted by Crippen LogP contribution is 2.17. The first-order chi connectivity index (χ1) is 11.1. The second-order valence-electron chi connectivity index (χ2n) is 5.05. The van der Waals surface area contributed by atoms with Gasteiger partial charge in [0.2, 0.25) is 0 Å². The molecule has 7 nitrogen and oxygen atoms in total. The zero-order valence-corrected chi connectivity index (χ0v) is 12.2. The summed E-state index contributed by atoms with van der Waals surface area (Å²) in [5, 5.41) is 21.7. The quantitative estimate of drug-likeness (QED) is 0.557. The van der Waals surface area contributed by atoms with Crippen LogP contribution in [-0.2, 0) is 6.42 Å². The number of aromatic nitrogens is 2. The maximum atomic E-state index is 11.7. The van der Waals surface area contributed by atoms with Crippen LogP contribution < -0.4 is 10.9 Å². The van der Waals surface area contributed by atoms with Crippen molar-refractivity contribution < 1.29 is 4.92 Å². The third-order valence-corrected chi connectivity index (χ3v) is 3.55. The standard InChI is InChI=1S/C16H14N4O3/c21-16-14-4-2-1-3-13(14)15(18-19-16)17-10-9-11-5-7-12(8-6-11)20(22)23/h1-8H,9-10H2,(H,17,18)(H,19,21). The van der Waals surface area contributed by atoms with Crippen LogP contribution in [0.3, 0.4) is 0 Å². The summed E-state index contributed by atoms with van der Waals surface area (Å²) in [5.74, 6) is 0.613. The van der Waals surface area contributed by atoms with E-state index in [1.54, 1.807) is 24.3 Å². The van der Waals surface area contributed by atoms with Gasteiger partial charge in [0.15, 0.2) is 5.82 Å². The van der Waals surface area contributed by atoms with Crippen LogP contribution in [0.15, 0.2) is 53.3 Å². The topological polar surface area (TPSA) is 101 Å². The summed E-state index contributed by atoms with van der Waals surface area (Å²) in [6.45, 7) is 0.598. The zero-order valence-electron chi connectivity index (χ0n) is 12.2. The lowest BCUT2D eigenvalue weighted by atomic mass is 10.1. The zero-order chi connectivity index (χ0) is 16.2. The molecule has 2 N–H and O–H groups in total. The monoisotopic (exact) mass is 310 g/mol. The summed E-state index contributed by atoms with van der Waals surface area (Å²) in [6, 6.07) is 13.7. The summed E-state index contributed by atoms with van der Waals surface area (Å²) < 4.78 is 0. The minimum absolute atomic E-state index is 0.0787. The lowest BCUT2D eigenvalue weighted by Crippen LogP contribution is -2.13. The van der Waals surface area contributed by atoms with Crippen LogP contribution in [0, 0.1) is 10.1 Å². The molecule has 0 saturated heterocycles. The van der Waals surface area contributed by atoms with E-state index < -0.39 is 4.92 Å². The van der Waals surface area contributed by atoms with E-state index in [0.717, 1.165) is 10.9 Å². The van der Waals surface area contributed by atoms with E-state index in [2.05, 4.69) is 15.5 Å². The number of non-ortho nitro benzene ring substituents is 1. The SMILES string of the molecule is O=c1[nH]nc(NCCc2ccc([N+](=O)[O-])cc2)c2ccccc12. The van der Waals surface area contributed by atoms with Crippen molar-refractivity contribution in [1.29, 1.82) is 0 Å². The molecule has 0 saturated carbocycles. The highest BCUT2D eigenvalue weighted by molar-refractivity contribution is 5.90. The normalized spacial score (nSPS) is 10.6. The molecular formula is C16H14N4O3. The van der Waals surface area contributed by atoms with Gasteiger partial charge >= 0.3 is 0 Å². The number of anilines is 1. The largest absolute Gasteiger partial charge is 0.368 e. The van der Waals surface area contributed by atoms with E-state index in [-0.39, 0.29) is 11.2 Å². The average molecular weight is 310 g/mol. The Morgan fingerprint density at radius 3 is 2.48 bits per heavy atom. The Morgan fingerprint density at radius 1 is 1.09 bits per heavy atom. The van der Waals surface area contributed by atoms with Crippen molar-refractivity contribution >= 4 is 22.3 Å². The minimum Gasteiger partial charge on any atom is -0.368 e. The molecule has 0 aliphatic rings. The Hall–Kier alpha value is -3.22. The Labute approximate surface area is 131 Å². The molecule has 0 aliphatic carbocycles. The number of benzene rings is 2. The predicted octanol–water partition coefficient (Wildman–Crippen LogP) is 2.49. The van der Waals surface area contributed by atoms with Crippen molar-refractivity contribution in [2.45, 2.75) is 6.42 Å². The van der Waals surface area contributed by atoms with E-state index in [0.29, 0.717) is 24.2 Å². The summed E-state index contributed by atoms with van der Waals surface area (Å²) in [6.07, 6.45) is 0.688. The fourth-order valence-electron chi connectivity index (χ4n) is 2.36. The molecular weight excluding hydrogens is 296 g/mol. The van der Waals surface area contributed by atoms with Crippen LogP contribution in [0.4, 0.5) is 11.5 Å². The van der Waals surface area contributed by atoms with Crippen molar-refractivity contribution in [2.75, 3.05) is 11.9 Å². The van der Waals surface area contributed by atoms with Crippen LogP contribution in [0.25, 0.3) is 10.8 Å². The van der Waals surface area contributed by atoms with Crippen molar-refractivity contribution in [3.05, 3.63) is 74.6 Å². The molecule has 0 amide bonds. The van der Waals surface area contributed by atoms with Gasteiger partial charge in [0, 0.05) is 24.1 Å². The molecule has 3 aromatic rings. The summed E-state index contributed by atoms with van der Waals surface area (Å²) in [4.78, 5) is 21.9. The third kappa shape index (κ3) is 3.18. The molecule has 0 unspecified atom stereocenters. The average Bonchev–Trinajstić information content (AvgIpc) is 2.58. The van der Waals surface area contributed by atoms with E-state index in [4.69, 9.17) is 0 Å². The predicted molar refractivity (Wildman–Crippen MR) is 87.7 cm³/mol. The molecule has 3 rings (SSSR count). The molecule has 116 valence electrons. The number of nitro benzene ring substituents is 1. The van der Waals surface area contributed by atoms with Crippen LogP contribution in [0.2, 0.25) is 0 Å². The summed E-state index contributed by atoms with van der Waals surface area (Å²) >= 11 is 0. The smallest absolute Gasteiger partial charge is 0.272 e. The molecule has 0 atom stereocenters. The number of nitrogens with zero attached hydrogens (tertiary/aromatic N) is 2. The second-order valence-corrected chi connectivity index (χ2v) is 5.05. The van der Waals surface area contributed by atoms with E-state index >= 15 is 0 Å². The number of hydrogen-bond donors (Lipinski definition) is 2. The van der Waals surface area contributed by atoms with Gasteiger partial charge in [-0.1, -0.05) is 30.3 Å². The first kappa shape index (κ1) is 14.7. The number of hydrogen-bond acceptors (Lipinski definition) is 5. The molecule has 0 radical (unpaired) electrons. The first-order valence-electron chi connectivity index (χ1n) is 7.10. The van der Waals surface area contributed by atoms with Gasteiger partial charge in [0.05, 0.1) is 10.3 Å². The van der Waals surface area contributed by atoms with Crippen molar-refractivity contribution in [3.8, 4) is 0 Å². The van der Waals surface area contributed by atoms with Crippen molar-refractivity contribution in [2.24, 2.45) is 0 Å². The lowest BCUT2D eigenvalue weighted by molar-refractivity contribution is -0.384. The molecule has 7 heteroatoms. The number of rotatable bonds is 5. The van der Waals surface area contributed by atoms with E-state index in [9.17, 15) is 14.9 Å². The van der Waals surface area contributed by atoms with Crippen molar-refractivity contribution in [1.82, 2.24) is 10.2 Å². The maximum Gasteiger partial charge on any atom is 0.272 e. The Bertz CT molecular complexity index is 903. The Balaban J connectivity index is 1.70. The number of H-pyrrole nitrogens is 1. The minimum atomic E-state index is -0.418. The first-order valence-corrected chi connectivity index (χ1v) is 7.10. The number of fused-ring (bicyclic) bond motifs is 1. The van der Waals surface area contributed by atoms with E-state index in [1.807, 2.05) is 12.1 Å².